The Kier molecular flexibility index (Phi) is 5.98. The molecule has 10 heteroatoms. The molecule has 148 valence electrons. The molecule has 0 spiro atoms. The van der Waals surface area contributed by atoms with E-state index in [0.29, 0.717) is 29.1 Å². The molecule has 6 nitrogen and oxygen atoms in total. The lowest BCUT2D eigenvalue weighted by atomic mass is 10.1. The molecular weight excluding hydrogens is 391 g/mol. The minimum atomic E-state index is -4.43. The van der Waals surface area contributed by atoms with E-state index in [-0.39, 0.29) is 6.54 Å². The lowest BCUT2D eigenvalue weighted by molar-refractivity contribution is -0.140. The zero-order chi connectivity index (χ0) is 20.1. The number of nitrogens with one attached hydrogen (secondary N) is 2. The van der Waals surface area contributed by atoms with E-state index in [2.05, 4.69) is 25.6 Å². The number of aromatic nitrogens is 2. The maximum Gasteiger partial charge on any atom is 0.434 e. The molecule has 0 aliphatic heterocycles. The van der Waals surface area contributed by atoms with E-state index in [4.69, 9.17) is 4.42 Å². The number of alkyl halides is 3. The van der Waals surface area contributed by atoms with Crippen LogP contribution in [-0.2, 0) is 19.3 Å². The van der Waals surface area contributed by atoms with Crippen LogP contribution in [-0.4, -0.2) is 23.0 Å². The van der Waals surface area contributed by atoms with Gasteiger partial charge in [-0.05, 0) is 19.1 Å². The quantitative estimate of drug-likeness (QED) is 0.492. The van der Waals surface area contributed by atoms with E-state index in [1.165, 1.54) is 0 Å². The highest BCUT2D eigenvalue weighted by Crippen LogP contribution is 2.29. The van der Waals surface area contributed by atoms with Crippen LogP contribution in [0.25, 0.3) is 11.5 Å². The number of hydrogen-bond donors (Lipinski definition) is 2. The molecule has 2 heterocycles. The standard InChI is InChI=1S/C18H18F3N5OS/c1-11-3-5-12(6-4-11)16-25-13(9-27-16)7-23-17(22-2)24-8-15-26-14(10-28-15)18(19,20)21/h3-6,9-10H,7-8H2,1-2H3,(H2,22,23,24). The highest BCUT2D eigenvalue weighted by Gasteiger charge is 2.33. The number of thiazole rings is 1. The average Bonchev–Trinajstić information content (AvgIpc) is 3.32. The molecule has 0 atom stereocenters. The van der Waals surface area contributed by atoms with Gasteiger partial charge in [0, 0.05) is 18.0 Å². The molecule has 0 unspecified atom stereocenters. The van der Waals surface area contributed by atoms with Crippen molar-refractivity contribution in [2.24, 2.45) is 4.99 Å². The van der Waals surface area contributed by atoms with Gasteiger partial charge in [0.1, 0.15) is 11.3 Å². The van der Waals surface area contributed by atoms with Gasteiger partial charge in [0.2, 0.25) is 5.89 Å². The first-order valence-corrected chi connectivity index (χ1v) is 9.20. The van der Waals surface area contributed by atoms with Crippen molar-refractivity contribution < 1.29 is 17.6 Å². The molecule has 3 rings (SSSR count). The summed E-state index contributed by atoms with van der Waals surface area (Å²) in [5.41, 5.74) is 1.81. The number of aryl methyl sites for hydroxylation is 1. The smallest absolute Gasteiger partial charge is 0.434 e. The first-order chi connectivity index (χ1) is 13.3. The lowest BCUT2D eigenvalue weighted by Gasteiger charge is -2.09. The molecule has 28 heavy (non-hydrogen) atoms. The first kappa shape index (κ1) is 19.9. The van der Waals surface area contributed by atoms with Crippen LogP contribution in [0, 0.1) is 6.92 Å². The first-order valence-electron chi connectivity index (χ1n) is 8.32. The van der Waals surface area contributed by atoms with Gasteiger partial charge in [-0.15, -0.1) is 11.3 Å². The van der Waals surface area contributed by atoms with Crippen molar-refractivity contribution in [3.05, 3.63) is 57.9 Å². The zero-order valence-electron chi connectivity index (χ0n) is 15.2. The minimum absolute atomic E-state index is 0.133. The fraction of sp³-hybridized carbons (Fsp3) is 0.278. The number of hydrogen-bond acceptors (Lipinski definition) is 5. The summed E-state index contributed by atoms with van der Waals surface area (Å²) >= 11 is 0.942. The number of guanidine groups is 1. The molecular formula is C18H18F3N5OS. The predicted molar refractivity (Wildman–Crippen MR) is 101 cm³/mol. The molecule has 0 saturated heterocycles. The SMILES string of the molecule is CN=C(NCc1coc(-c2ccc(C)cc2)n1)NCc1nc(C(F)(F)F)cs1. The number of rotatable bonds is 5. The zero-order valence-corrected chi connectivity index (χ0v) is 16.0. The highest BCUT2D eigenvalue weighted by atomic mass is 32.1. The third-order valence-electron chi connectivity index (χ3n) is 3.76. The summed E-state index contributed by atoms with van der Waals surface area (Å²) in [5, 5.41) is 7.28. The van der Waals surface area contributed by atoms with Gasteiger partial charge in [-0.1, -0.05) is 17.7 Å². The number of oxazole rings is 1. The molecule has 0 bridgehead atoms. The second kappa shape index (κ2) is 8.42. The van der Waals surface area contributed by atoms with Crippen molar-refractivity contribution in [3.8, 4) is 11.5 Å². The largest absolute Gasteiger partial charge is 0.444 e. The van der Waals surface area contributed by atoms with Gasteiger partial charge in [-0.25, -0.2) is 9.97 Å². The van der Waals surface area contributed by atoms with E-state index in [0.717, 1.165) is 27.8 Å². The maximum absolute atomic E-state index is 12.6. The monoisotopic (exact) mass is 409 g/mol. The molecule has 2 N–H and O–H groups in total. The van der Waals surface area contributed by atoms with Gasteiger partial charge < -0.3 is 15.1 Å². The normalized spacial score (nSPS) is 12.2. The number of benzene rings is 1. The van der Waals surface area contributed by atoms with Crippen molar-refractivity contribution >= 4 is 17.3 Å². The summed E-state index contributed by atoms with van der Waals surface area (Å²) in [6, 6.07) is 7.82. The highest BCUT2D eigenvalue weighted by molar-refractivity contribution is 7.09. The van der Waals surface area contributed by atoms with Crippen molar-refractivity contribution in [2.75, 3.05) is 7.05 Å². The van der Waals surface area contributed by atoms with E-state index in [9.17, 15) is 13.2 Å². The summed E-state index contributed by atoms with van der Waals surface area (Å²) in [7, 11) is 1.57. The van der Waals surface area contributed by atoms with Gasteiger partial charge in [-0.2, -0.15) is 13.2 Å². The van der Waals surface area contributed by atoms with Gasteiger partial charge >= 0.3 is 6.18 Å². The van der Waals surface area contributed by atoms with Gasteiger partial charge in [0.05, 0.1) is 18.8 Å². The average molecular weight is 409 g/mol. The Morgan fingerprint density at radius 1 is 1.14 bits per heavy atom. The summed E-state index contributed by atoms with van der Waals surface area (Å²) in [4.78, 5) is 12.0. The Bertz CT molecular complexity index is 947. The lowest BCUT2D eigenvalue weighted by Crippen LogP contribution is -2.36. The Morgan fingerprint density at radius 3 is 2.50 bits per heavy atom. The third kappa shape index (κ3) is 5.10. The third-order valence-corrected chi connectivity index (χ3v) is 4.61. The molecule has 0 fully saturated rings. The Balaban J connectivity index is 1.53. The fourth-order valence-corrected chi connectivity index (χ4v) is 3.03. The summed E-state index contributed by atoms with van der Waals surface area (Å²) < 4.78 is 43.3. The molecule has 0 amide bonds. The van der Waals surface area contributed by atoms with E-state index >= 15 is 0 Å². The van der Waals surface area contributed by atoms with Crippen LogP contribution in [0.1, 0.15) is 22.0 Å². The van der Waals surface area contributed by atoms with E-state index in [1.54, 1.807) is 13.3 Å². The summed E-state index contributed by atoms with van der Waals surface area (Å²) in [6.45, 7) is 2.48. The van der Waals surface area contributed by atoms with Crippen LogP contribution in [0.2, 0.25) is 0 Å². The van der Waals surface area contributed by atoms with E-state index < -0.39 is 11.9 Å². The van der Waals surface area contributed by atoms with Crippen LogP contribution in [0.3, 0.4) is 0 Å². The minimum Gasteiger partial charge on any atom is -0.444 e. The van der Waals surface area contributed by atoms with Gasteiger partial charge in [0.25, 0.3) is 0 Å². The Morgan fingerprint density at radius 2 is 1.86 bits per heavy atom. The van der Waals surface area contributed by atoms with Crippen molar-refractivity contribution in [2.45, 2.75) is 26.2 Å². The fourth-order valence-electron chi connectivity index (χ4n) is 2.29. The van der Waals surface area contributed by atoms with Crippen molar-refractivity contribution in [1.29, 1.82) is 0 Å². The van der Waals surface area contributed by atoms with Crippen molar-refractivity contribution in [1.82, 2.24) is 20.6 Å². The molecule has 0 saturated carbocycles. The molecule has 0 aliphatic rings. The van der Waals surface area contributed by atoms with Crippen LogP contribution in [0.5, 0.6) is 0 Å². The van der Waals surface area contributed by atoms with E-state index in [1.807, 2.05) is 31.2 Å². The Hall–Kier alpha value is -2.88. The second-order valence-electron chi connectivity index (χ2n) is 5.91. The maximum atomic E-state index is 12.6. The van der Waals surface area contributed by atoms with Crippen LogP contribution < -0.4 is 10.6 Å². The van der Waals surface area contributed by atoms with Crippen molar-refractivity contribution in [3.63, 3.8) is 0 Å². The Labute approximate surface area is 163 Å². The summed E-state index contributed by atoms with van der Waals surface area (Å²) in [5.74, 6) is 0.936. The molecule has 0 aliphatic carbocycles. The second-order valence-corrected chi connectivity index (χ2v) is 6.86. The van der Waals surface area contributed by atoms with Gasteiger partial charge in [-0.3, -0.25) is 4.99 Å². The molecule has 1 aromatic carbocycles. The van der Waals surface area contributed by atoms with Gasteiger partial charge in [0.15, 0.2) is 11.7 Å². The molecule has 2 aromatic heterocycles. The van der Waals surface area contributed by atoms with Crippen LogP contribution >= 0.6 is 11.3 Å². The molecule has 3 aromatic rings. The van der Waals surface area contributed by atoms with Crippen LogP contribution in [0.15, 0.2) is 45.3 Å². The predicted octanol–water partition coefficient (Wildman–Crippen LogP) is 3.99. The number of halogens is 3. The summed E-state index contributed by atoms with van der Waals surface area (Å²) in [6.07, 6.45) is -2.89. The van der Waals surface area contributed by atoms with Crippen LogP contribution in [0.4, 0.5) is 13.2 Å². The topological polar surface area (TPSA) is 75.3 Å². The molecule has 0 radical (unpaired) electrons. The number of aliphatic imine (C=N–C) groups is 1. The number of nitrogens with zero attached hydrogens (tertiary/aromatic N) is 3.